The third kappa shape index (κ3) is 39.3. The molecule has 16 aromatic rings. The van der Waals surface area contributed by atoms with Gasteiger partial charge in [-0.1, -0.05) is 116 Å². The molecule has 0 spiro atoms. The van der Waals surface area contributed by atoms with Crippen molar-refractivity contribution in [3.8, 4) is 29.1 Å². The van der Waals surface area contributed by atoms with Crippen LogP contribution in [0.2, 0.25) is 0 Å². The fraction of sp³-hybridized carbons (Fsp3) is 0.374. The summed E-state index contributed by atoms with van der Waals surface area (Å²) in [6.07, 6.45) is 15.9. The zero-order chi connectivity index (χ0) is 100.0. The number of nitrogens with one attached hydrogen (secondary N) is 1. The Balaban J connectivity index is 0.000000187. The number of H-pyrrole nitrogens is 1. The van der Waals surface area contributed by atoms with E-state index in [9.17, 15) is 14.0 Å². The molecule has 0 aliphatic heterocycles. The second kappa shape index (κ2) is 46.8. The lowest BCUT2D eigenvalue weighted by Gasteiger charge is -2.21. The first kappa shape index (κ1) is 109. The molecule has 714 valence electrons. The van der Waals surface area contributed by atoms with E-state index in [1.807, 2.05) is 264 Å². The van der Waals surface area contributed by atoms with Gasteiger partial charge in [0.15, 0.2) is 11.2 Å². The minimum absolute atomic E-state index is 0.0185. The van der Waals surface area contributed by atoms with Crippen LogP contribution < -0.4 is 35.9 Å². The summed E-state index contributed by atoms with van der Waals surface area (Å²) in [7, 11) is 1.45. The Bertz CT molecular complexity index is 6610. The minimum Gasteiger partial charge on any atom is -0.488 e. The van der Waals surface area contributed by atoms with Gasteiger partial charge >= 0.3 is 5.69 Å². The monoisotopic (exact) mass is 1920 g/mol. The number of fused-ring (bicyclic) bond motifs is 7. The molecule has 0 unspecified atom stereocenters. The van der Waals surface area contributed by atoms with Crippen LogP contribution in [-0.2, 0) is 7.05 Å². The first-order chi connectivity index (χ1) is 62.6. The number of thioether (sulfide) groups is 5. The maximum atomic E-state index is 13.2. The van der Waals surface area contributed by atoms with Crippen molar-refractivity contribution in [1.82, 2.24) is 59.4 Å². The largest absolute Gasteiger partial charge is 0.488 e. The molecule has 5 aromatic carbocycles. The van der Waals surface area contributed by atoms with E-state index in [2.05, 4.69) is 174 Å². The van der Waals surface area contributed by atoms with Gasteiger partial charge in [-0.3, -0.25) is 34.3 Å². The molecule has 28 heteroatoms. The predicted octanol–water partition coefficient (Wildman–Crippen LogP) is 28.5. The van der Waals surface area contributed by atoms with Gasteiger partial charge in [0, 0.05) is 145 Å². The summed E-state index contributed by atoms with van der Waals surface area (Å²) in [6, 6.07) is 51.8. The Hall–Kier alpha value is -11.6. The molecule has 16 rings (SSSR count). The molecule has 11 heterocycles. The molecule has 0 bridgehead atoms. The van der Waals surface area contributed by atoms with Gasteiger partial charge in [-0.2, -0.15) is 5.26 Å². The smallest absolute Gasteiger partial charge is 0.328 e. The van der Waals surface area contributed by atoms with Crippen LogP contribution in [-0.4, -0.2) is 106 Å². The van der Waals surface area contributed by atoms with Crippen molar-refractivity contribution >= 4 is 141 Å². The Morgan fingerprint density at radius 2 is 0.904 bits per heavy atom. The van der Waals surface area contributed by atoms with Crippen molar-refractivity contribution in [1.29, 1.82) is 5.26 Å². The lowest BCUT2D eigenvalue weighted by atomic mass is 10.1. The molecular formula is C107H131FN14O8S5. The lowest BCUT2D eigenvalue weighted by Crippen LogP contribution is -2.32. The van der Waals surface area contributed by atoms with Crippen molar-refractivity contribution in [2.45, 2.75) is 278 Å². The van der Waals surface area contributed by atoms with Crippen LogP contribution in [0.5, 0.6) is 23.0 Å². The average Bonchev–Trinajstić information content (AvgIpc) is 1.77. The highest BCUT2D eigenvalue weighted by Crippen LogP contribution is 2.38. The Morgan fingerprint density at radius 3 is 1.47 bits per heavy atom. The number of aryl methyl sites for hydroxylation is 3. The normalized spacial score (nSPS) is 11.8. The van der Waals surface area contributed by atoms with Crippen molar-refractivity contribution in [2.75, 3.05) is 5.73 Å². The van der Waals surface area contributed by atoms with Crippen molar-refractivity contribution in [3.63, 3.8) is 0 Å². The van der Waals surface area contributed by atoms with Gasteiger partial charge < -0.3 is 38.5 Å². The fourth-order valence-corrected chi connectivity index (χ4v) is 17.0. The van der Waals surface area contributed by atoms with E-state index in [1.54, 1.807) is 73.1 Å². The van der Waals surface area contributed by atoms with Crippen LogP contribution in [0, 0.1) is 37.9 Å². The third-order valence-corrected chi connectivity index (χ3v) is 22.4. The van der Waals surface area contributed by atoms with Gasteiger partial charge in [0.05, 0.1) is 56.9 Å². The van der Waals surface area contributed by atoms with Gasteiger partial charge in [-0.25, -0.2) is 34.1 Å². The highest BCUT2D eigenvalue weighted by Gasteiger charge is 2.22. The molecule has 0 saturated heterocycles. The van der Waals surface area contributed by atoms with Crippen LogP contribution in [0.3, 0.4) is 0 Å². The number of hydrogen-bond donors (Lipinski definition) is 2. The number of nitrogen functional groups attached to an aromatic ring is 1. The van der Waals surface area contributed by atoms with E-state index in [0.29, 0.717) is 16.7 Å². The van der Waals surface area contributed by atoms with E-state index in [0.717, 1.165) is 120 Å². The standard InChI is InChI=1S/C14H17NO.C13H17N3O.C13H16N2S.C13H15NO.C12H14N2S.C11H12FNS.C11H13NO2.C11H13NOS.C9H14N2O2S/c1-10-5-6-11-9-12(16-14(2,3)4)7-8-13(11)15-10;1-8-15-11-7-9(17-13(2,3)4)5-6-10(11)12(14)16-8;1-9-11-6-5-10(16-13(2,3)4)7-12(11)15-8-14-9;1-13(2,3)15-12-5-4-10-6-7-14-9-11(10)8-12;1-12(2,3)15-9-7-11-10(14-8-9)5-4-6-13-11;1-11(2,3)14-9-5-4-8(7-13)10(12)6-9;2*1-11(2,3)14-8-6-10-9(12-7-8)4-5-13-10;1-9(2,3)14-6-5-7(12)11(4)8(13)10-6/h5-9H,1-4H3;5-7H,1-4H3,(H2,14,15,16);5-8H,1-4H3;4-9H,1-3H3;4-8H,1-3H3;4-6H,1-3H3;2*4-7H,1-3H3;5H,1-4H3,(H,10,13). The molecule has 0 amide bonds. The van der Waals surface area contributed by atoms with Gasteiger partial charge in [0.2, 0.25) is 0 Å². The summed E-state index contributed by atoms with van der Waals surface area (Å²) in [5.74, 6) is 4.05. The van der Waals surface area contributed by atoms with Gasteiger partial charge in [0.1, 0.15) is 86.3 Å². The molecule has 135 heavy (non-hydrogen) atoms. The van der Waals surface area contributed by atoms with Crippen LogP contribution in [0.1, 0.15) is 210 Å². The van der Waals surface area contributed by atoms with E-state index in [-0.39, 0.29) is 63.0 Å². The second-order valence-corrected chi connectivity index (χ2v) is 49.8. The zero-order valence-corrected chi connectivity index (χ0v) is 87.9. The number of aromatic amines is 1. The number of furan rings is 2. The van der Waals surface area contributed by atoms with Gasteiger partial charge in [-0.05, 0) is 225 Å². The number of halogens is 1. The molecule has 0 aliphatic rings. The van der Waals surface area contributed by atoms with Gasteiger partial charge in [0.25, 0.3) is 5.56 Å². The number of nitrogens with two attached hydrogens (primary N) is 1. The SMILES string of the molecule is CC(C)(C)Oc1ccc2ccncc2c1.CC(C)(C)Oc1cnc2ccoc2c1.CC(C)(C)Sc1ccc(C#N)c(F)c1.CC(C)(C)Sc1cnc2cccnc2c1.CC(C)(C)Sc1cnc2ccoc2c1.Cc1ccc2cc(OC(C)(C)C)ccc2n1.Cc1nc(N)c2ccc(OC(C)(C)C)cc2n1.Cc1ncnc2cc(SC(C)(C)C)ccc12.Cn1c(=O)cc(SC(C)(C)C)[nH]c1=O. The number of hydrogen-bond acceptors (Lipinski definition) is 25. The predicted molar refractivity (Wildman–Crippen MR) is 562 cm³/mol. The molecule has 0 radical (unpaired) electrons. The summed E-state index contributed by atoms with van der Waals surface area (Å²) in [5.41, 5.74) is 14.8. The van der Waals surface area contributed by atoms with Crippen molar-refractivity contribution in [3.05, 3.63) is 263 Å². The molecule has 0 atom stereocenters. The highest BCUT2D eigenvalue weighted by molar-refractivity contribution is 8.01. The van der Waals surface area contributed by atoms with Crippen LogP contribution >= 0.6 is 58.8 Å². The number of rotatable bonds is 9. The second-order valence-electron chi connectivity index (χ2n) is 40.3. The minimum atomic E-state index is -0.443. The highest BCUT2D eigenvalue weighted by atomic mass is 32.2. The first-order valence-corrected chi connectivity index (χ1v) is 48.3. The van der Waals surface area contributed by atoms with E-state index in [1.165, 1.54) is 52.2 Å². The zero-order valence-electron chi connectivity index (χ0n) is 83.8. The summed E-state index contributed by atoms with van der Waals surface area (Å²) < 4.78 is 48.5. The molecule has 11 aromatic heterocycles. The van der Waals surface area contributed by atoms with Crippen molar-refractivity contribution in [2.24, 2.45) is 7.05 Å². The Labute approximate surface area is 815 Å². The topological polar surface area (TPSA) is 297 Å². The van der Waals surface area contributed by atoms with E-state index in [4.69, 9.17) is 38.8 Å². The van der Waals surface area contributed by atoms with Crippen molar-refractivity contribution < 1.29 is 32.2 Å². The van der Waals surface area contributed by atoms with Gasteiger partial charge in [-0.15, -0.1) is 58.8 Å². The molecule has 0 saturated carbocycles. The first-order valence-electron chi connectivity index (χ1n) is 44.2. The summed E-state index contributed by atoms with van der Waals surface area (Å²) in [4.78, 5) is 72.3. The van der Waals surface area contributed by atoms with Crippen LogP contribution in [0.15, 0.2) is 257 Å². The van der Waals surface area contributed by atoms with Crippen LogP contribution in [0.4, 0.5) is 10.2 Å². The summed E-state index contributed by atoms with van der Waals surface area (Å²) >= 11 is 8.52. The quantitative estimate of drug-likeness (QED) is 0.100. The Kier molecular flexibility index (Phi) is 37.7. The number of nitrogens with zero attached hydrogens (tertiary/aromatic N) is 12. The number of benzene rings is 5. The molecule has 0 aliphatic carbocycles. The number of anilines is 1. The fourth-order valence-electron chi connectivity index (χ4n) is 12.1. The average molecular weight is 1920 g/mol. The maximum Gasteiger partial charge on any atom is 0.328 e. The number of ether oxygens (including phenoxy) is 4. The summed E-state index contributed by atoms with van der Waals surface area (Å²) in [6.45, 7) is 62.2. The van der Waals surface area contributed by atoms with Crippen LogP contribution in [0.25, 0.3) is 76.7 Å². The number of aromatic nitrogens is 12. The maximum absolute atomic E-state index is 13.2. The molecule has 3 N–H and O–H groups in total. The van der Waals surface area contributed by atoms with E-state index < -0.39 is 5.82 Å². The lowest BCUT2D eigenvalue weighted by molar-refractivity contribution is 0.130. The molecule has 22 nitrogen and oxygen atoms in total. The third-order valence-electron chi connectivity index (χ3n) is 17.0. The molecular weight excluding hydrogens is 1790 g/mol. The molecule has 0 fully saturated rings. The Morgan fingerprint density at radius 1 is 0.407 bits per heavy atom. The summed E-state index contributed by atoms with van der Waals surface area (Å²) in [5, 5.41) is 14.6. The van der Waals surface area contributed by atoms with E-state index >= 15 is 0 Å². The number of nitriles is 1. The number of pyridine rings is 6.